The molecule has 1 N–H and O–H groups in total. The summed E-state index contributed by atoms with van der Waals surface area (Å²) in [6, 6.07) is 19.5. The van der Waals surface area contributed by atoms with Crippen molar-refractivity contribution in [2.24, 2.45) is 0 Å². The second-order valence-corrected chi connectivity index (χ2v) is 6.59. The van der Waals surface area contributed by atoms with Crippen molar-refractivity contribution in [3.8, 4) is 0 Å². The molecule has 24 heavy (non-hydrogen) atoms. The van der Waals surface area contributed by atoms with Gasteiger partial charge >= 0.3 is 0 Å². The monoisotopic (exact) mass is 357 g/mol. The number of amides is 1. The van der Waals surface area contributed by atoms with Gasteiger partial charge in [0.2, 0.25) is 5.91 Å². The van der Waals surface area contributed by atoms with Crippen LogP contribution in [0.2, 0.25) is 10.0 Å². The molecule has 0 aliphatic heterocycles. The maximum absolute atomic E-state index is 12.3. The van der Waals surface area contributed by atoms with Crippen molar-refractivity contribution in [3.63, 3.8) is 0 Å². The SMILES string of the molecule is C[C@@H](NC(=O)Cc1c(Cl)cccc1Cl)c1ccc2ccccc2c1. The highest BCUT2D eigenvalue weighted by Crippen LogP contribution is 2.25. The average Bonchev–Trinajstić information content (AvgIpc) is 2.58. The molecular weight excluding hydrogens is 341 g/mol. The van der Waals surface area contributed by atoms with Gasteiger partial charge in [0.05, 0.1) is 12.5 Å². The lowest BCUT2D eigenvalue weighted by Gasteiger charge is -2.16. The minimum Gasteiger partial charge on any atom is -0.349 e. The highest BCUT2D eigenvalue weighted by molar-refractivity contribution is 6.36. The van der Waals surface area contributed by atoms with Crippen LogP contribution in [0.1, 0.15) is 24.1 Å². The molecule has 0 saturated heterocycles. The van der Waals surface area contributed by atoms with Crippen LogP contribution in [0.4, 0.5) is 0 Å². The highest BCUT2D eigenvalue weighted by atomic mass is 35.5. The Morgan fingerprint density at radius 3 is 2.33 bits per heavy atom. The van der Waals surface area contributed by atoms with Crippen LogP contribution in [-0.2, 0) is 11.2 Å². The van der Waals surface area contributed by atoms with E-state index in [9.17, 15) is 4.79 Å². The lowest BCUT2D eigenvalue weighted by Crippen LogP contribution is -2.28. The number of benzene rings is 3. The van der Waals surface area contributed by atoms with Crippen molar-refractivity contribution in [2.45, 2.75) is 19.4 Å². The van der Waals surface area contributed by atoms with Crippen LogP contribution in [0.3, 0.4) is 0 Å². The van der Waals surface area contributed by atoms with E-state index in [0.29, 0.717) is 15.6 Å². The molecule has 0 aliphatic rings. The highest BCUT2D eigenvalue weighted by Gasteiger charge is 2.14. The first kappa shape index (κ1) is 16.8. The minimum absolute atomic E-state index is 0.0941. The van der Waals surface area contributed by atoms with Gasteiger partial charge in [0, 0.05) is 10.0 Å². The summed E-state index contributed by atoms with van der Waals surface area (Å²) in [5.41, 5.74) is 1.72. The first-order valence-electron chi connectivity index (χ1n) is 7.75. The standard InChI is InChI=1S/C20H17Cl2NO/c1-13(15-10-9-14-5-2-3-6-16(14)11-15)23-20(24)12-17-18(21)7-4-8-19(17)22/h2-11,13H,12H2,1H3,(H,23,24)/t13-/m1/s1. The molecule has 1 amide bonds. The predicted molar refractivity (Wildman–Crippen MR) is 101 cm³/mol. The molecule has 0 aliphatic carbocycles. The summed E-state index contributed by atoms with van der Waals surface area (Å²) in [5.74, 6) is -0.106. The van der Waals surface area contributed by atoms with Gasteiger partial charge in [0.1, 0.15) is 0 Å². The van der Waals surface area contributed by atoms with Crippen molar-refractivity contribution in [1.82, 2.24) is 5.32 Å². The quantitative estimate of drug-likeness (QED) is 0.649. The van der Waals surface area contributed by atoms with Crippen molar-refractivity contribution in [3.05, 3.63) is 81.8 Å². The number of carbonyl (C=O) groups is 1. The molecule has 3 rings (SSSR count). The van der Waals surface area contributed by atoms with E-state index in [0.717, 1.165) is 10.9 Å². The number of halogens is 2. The third-order valence-corrected chi connectivity index (χ3v) is 4.76. The van der Waals surface area contributed by atoms with Gasteiger partial charge in [0.25, 0.3) is 0 Å². The normalized spacial score (nSPS) is 12.1. The first-order chi connectivity index (χ1) is 11.5. The van der Waals surface area contributed by atoms with Crippen LogP contribution in [0.15, 0.2) is 60.7 Å². The van der Waals surface area contributed by atoms with E-state index >= 15 is 0 Å². The molecule has 0 spiro atoms. The van der Waals surface area contributed by atoms with E-state index in [4.69, 9.17) is 23.2 Å². The molecule has 0 unspecified atom stereocenters. The van der Waals surface area contributed by atoms with Crippen LogP contribution >= 0.6 is 23.2 Å². The topological polar surface area (TPSA) is 29.1 Å². The van der Waals surface area contributed by atoms with Crippen molar-refractivity contribution < 1.29 is 4.79 Å². The van der Waals surface area contributed by atoms with Crippen LogP contribution in [0, 0.1) is 0 Å². The summed E-state index contributed by atoms with van der Waals surface area (Å²) in [6.07, 6.45) is 0.163. The third kappa shape index (κ3) is 3.72. The Morgan fingerprint density at radius 1 is 0.958 bits per heavy atom. The van der Waals surface area contributed by atoms with Crippen molar-refractivity contribution in [2.75, 3.05) is 0 Å². The molecule has 4 heteroatoms. The second kappa shape index (κ2) is 7.25. The van der Waals surface area contributed by atoms with Gasteiger partial charge in [0.15, 0.2) is 0 Å². The lowest BCUT2D eigenvalue weighted by atomic mass is 10.0. The lowest BCUT2D eigenvalue weighted by molar-refractivity contribution is -0.121. The van der Waals surface area contributed by atoms with E-state index < -0.39 is 0 Å². The molecule has 1 atom stereocenters. The average molecular weight is 358 g/mol. The van der Waals surface area contributed by atoms with E-state index in [1.54, 1.807) is 18.2 Å². The van der Waals surface area contributed by atoms with Gasteiger partial charge in [-0.25, -0.2) is 0 Å². The fraction of sp³-hybridized carbons (Fsp3) is 0.150. The zero-order valence-corrected chi connectivity index (χ0v) is 14.7. The van der Waals surface area contributed by atoms with Gasteiger partial charge < -0.3 is 5.32 Å². The molecule has 122 valence electrons. The predicted octanol–water partition coefficient (Wildman–Crippen LogP) is 5.57. The largest absolute Gasteiger partial charge is 0.349 e. The molecule has 0 aromatic heterocycles. The second-order valence-electron chi connectivity index (χ2n) is 5.77. The first-order valence-corrected chi connectivity index (χ1v) is 8.51. The van der Waals surface area contributed by atoms with Gasteiger partial charge in [-0.05, 0) is 47.0 Å². The van der Waals surface area contributed by atoms with Crippen LogP contribution in [-0.4, -0.2) is 5.91 Å². The number of rotatable bonds is 4. The Hall–Kier alpha value is -2.03. The number of fused-ring (bicyclic) bond motifs is 1. The van der Waals surface area contributed by atoms with E-state index in [1.165, 1.54) is 5.39 Å². The molecule has 3 aromatic carbocycles. The Labute approximate surface area is 151 Å². The van der Waals surface area contributed by atoms with Gasteiger partial charge in [-0.15, -0.1) is 0 Å². The summed E-state index contributed by atoms with van der Waals surface area (Å²) in [4.78, 5) is 12.3. The number of carbonyl (C=O) groups excluding carboxylic acids is 1. The zero-order chi connectivity index (χ0) is 17.1. The summed E-state index contributed by atoms with van der Waals surface area (Å²) in [6.45, 7) is 1.97. The number of nitrogens with one attached hydrogen (secondary N) is 1. The smallest absolute Gasteiger partial charge is 0.225 e. The van der Waals surface area contributed by atoms with Crippen molar-refractivity contribution in [1.29, 1.82) is 0 Å². The Kier molecular flexibility index (Phi) is 5.08. The maximum Gasteiger partial charge on any atom is 0.225 e. The molecule has 0 saturated carbocycles. The van der Waals surface area contributed by atoms with Crippen LogP contribution in [0.25, 0.3) is 10.8 Å². The fourth-order valence-electron chi connectivity index (χ4n) is 2.71. The van der Waals surface area contributed by atoms with Crippen molar-refractivity contribution >= 4 is 39.9 Å². The zero-order valence-electron chi connectivity index (χ0n) is 13.2. The molecular formula is C20H17Cl2NO. The Bertz CT molecular complexity index is 871. The van der Waals surface area contributed by atoms with E-state index in [-0.39, 0.29) is 18.4 Å². The number of hydrogen-bond acceptors (Lipinski definition) is 1. The Morgan fingerprint density at radius 2 is 1.62 bits per heavy atom. The van der Waals surface area contributed by atoms with Gasteiger partial charge in [-0.1, -0.05) is 65.7 Å². The molecule has 0 heterocycles. The van der Waals surface area contributed by atoms with Gasteiger partial charge in [-0.3, -0.25) is 4.79 Å². The molecule has 0 bridgehead atoms. The number of hydrogen-bond donors (Lipinski definition) is 1. The summed E-state index contributed by atoms with van der Waals surface area (Å²) in [5, 5.41) is 6.37. The van der Waals surface area contributed by atoms with E-state index in [2.05, 4.69) is 29.6 Å². The van der Waals surface area contributed by atoms with Crippen LogP contribution < -0.4 is 5.32 Å². The fourth-order valence-corrected chi connectivity index (χ4v) is 3.25. The molecule has 0 radical (unpaired) electrons. The maximum atomic E-state index is 12.3. The Balaban J connectivity index is 1.73. The molecule has 2 nitrogen and oxygen atoms in total. The van der Waals surface area contributed by atoms with E-state index in [1.807, 2.05) is 25.1 Å². The van der Waals surface area contributed by atoms with Gasteiger partial charge in [-0.2, -0.15) is 0 Å². The molecule has 0 fully saturated rings. The minimum atomic E-state index is -0.106. The summed E-state index contributed by atoms with van der Waals surface area (Å²) in [7, 11) is 0. The summed E-state index contributed by atoms with van der Waals surface area (Å²) < 4.78 is 0. The molecule has 3 aromatic rings. The third-order valence-electron chi connectivity index (χ3n) is 4.05. The summed E-state index contributed by atoms with van der Waals surface area (Å²) >= 11 is 12.3. The van der Waals surface area contributed by atoms with Crippen LogP contribution in [0.5, 0.6) is 0 Å².